The molecule has 23 heavy (non-hydrogen) atoms. The number of ether oxygens (including phenoxy) is 1. The first-order chi connectivity index (χ1) is 10.8. The van der Waals surface area contributed by atoms with Gasteiger partial charge < -0.3 is 20.8 Å². The van der Waals surface area contributed by atoms with Crippen molar-refractivity contribution in [2.45, 2.75) is 19.2 Å². The summed E-state index contributed by atoms with van der Waals surface area (Å²) in [5.74, 6) is -1.36. The van der Waals surface area contributed by atoms with Crippen LogP contribution in [0.25, 0.3) is 10.9 Å². The third-order valence-corrected chi connectivity index (χ3v) is 2.98. The van der Waals surface area contributed by atoms with Crippen molar-refractivity contribution in [3.05, 3.63) is 30.0 Å². The highest BCUT2D eigenvalue weighted by Crippen LogP contribution is 2.31. The summed E-state index contributed by atoms with van der Waals surface area (Å²) >= 11 is 0. The highest BCUT2D eigenvalue weighted by atomic mass is 19.4. The smallest absolute Gasteiger partial charge is 0.405 e. The number of aromatic nitrogens is 1. The van der Waals surface area contributed by atoms with Crippen molar-refractivity contribution in [1.29, 1.82) is 0 Å². The van der Waals surface area contributed by atoms with Crippen LogP contribution in [-0.4, -0.2) is 29.7 Å². The van der Waals surface area contributed by atoms with E-state index in [-0.39, 0.29) is 29.8 Å². The maximum absolute atomic E-state index is 12.4. The van der Waals surface area contributed by atoms with Crippen LogP contribution in [0.15, 0.2) is 24.3 Å². The molecule has 2 amide bonds. The fourth-order valence-corrected chi connectivity index (χ4v) is 2.02. The number of alkyl halides is 3. The van der Waals surface area contributed by atoms with Crippen molar-refractivity contribution in [1.82, 2.24) is 10.3 Å². The number of benzene rings is 1. The van der Waals surface area contributed by atoms with Gasteiger partial charge in [-0.05, 0) is 24.6 Å². The number of aromatic amines is 1. The molecule has 0 saturated heterocycles. The predicted octanol–water partition coefficient (Wildman–Crippen LogP) is 2.06. The number of fused-ring (bicyclic) bond motifs is 1. The minimum atomic E-state index is -4.82. The second-order valence-electron chi connectivity index (χ2n) is 4.77. The van der Waals surface area contributed by atoms with Crippen LogP contribution >= 0.6 is 0 Å². The van der Waals surface area contributed by atoms with E-state index in [1.165, 1.54) is 18.2 Å². The van der Waals surface area contributed by atoms with Crippen LogP contribution in [0.5, 0.6) is 5.75 Å². The van der Waals surface area contributed by atoms with Crippen LogP contribution in [0, 0.1) is 0 Å². The summed E-state index contributed by atoms with van der Waals surface area (Å²) in [6.45, 7) is 0.225. The number of carbonyl (C=O) groups excluding carboxylic acids is 2. The maximum atomic E-state index is 12.4. The van der Waals surface area contributed by atoms with Gasteiger partial charge in [-0.15, -0.1) is 13.2 Å². The van der Waals surface area contributed by atoms with Crippen molar-refractivity contribution in [3.63, 3.8) is 0 Å². The Morgan fingerprint density at radius 1 is 1.30 bits per heavy atom. The number of hydrogen-bond donors (Lipinski definition) is 3. The minimum absolute atomic E-state index is 0.0947. The lowest BCUT2D eigenvalue weighted by Crippen LogP contribution is -2.25. The van der Waals surface area contributed by atoms with E-state index in [0.717, 1.165) is 6.07 Å². The van der Waals surface area contributed by atoms with E-state index in [1.54, 1.807) is 0 Å². The van der Waals surface area contributed by atoms with Gasteiger partial charge in [-0.25, -0.2) is 0 Å². The zero-order valence-electron chi connectivity index (χ0n) is 11.9. The normalized spacial score (nSPS) is 11.4. The fraction of sp³-hybridized carbons (Fsp3) is 0.286. The number of nitrogens with one attached hydrogen (secondary N) is 2. The summed E-state index contributed by atoms with van der Waals surface area (Å²) in [6, 6.07) is 5.36. The maximum Gasteiger partial charge on any atom is 0.573 e. The van der Waals surface area contributed by atoms with E-state index in [0.29, 0.717) is 11.9 Å². The molecule has 1 aromatic heterocycles. The lowest BCUT2D eigenvalue weighted by Gasteiger charge is -2.09. The zero-order chi connectivity index (χ0) is 17.0. The highest BCUT2D eigenvalue weighted by Gasteiger charge is 2.32. The summed E-state index contributed by atoms with van der Waals surface area (Å²) in [7, 11) is 0. The zero-order valence-corrected chi connectivity index (χ0v) is 11.9. The number of carbonyl (C=O) groups is 2. The number of amides is 2. The summed E-state index contributed by atoms with van der Waals surface area (Å²) < 4.78 is 41.0. The summed E-state index contributed by atoms with van der Waals surface area (Å²) in [6.07, 6.45) is -4.30. The molecule has 0 aliphatic heterocycles. The second-order valence-corrected chi connectivity index (χ2v) is 4.77. The Kier molecular flexibility index (Phi) is 4.77. The van der Waals surface area contributed by atoms with Gasteiger partial charge in [0.05, 0.1) is 0 Å². The Morgan fingerprint density at radius 3 is 2.70 bits per heavy atom. The first-order valence-corrected chi connectivity index (χ1v) is 6.70. The Balaban J connectivity index is 2.12. The van der Waals surface area contributed by atoms with Gasteiger partial charge in [0, 0.05) is 23.9 Å². The van der Waals surface area contributed by atoms with Crippen molar-refractivity contribution in [2.75, 3.05) is 6.54 Å². The van der Waals surface area contributed by atoms with Gasteiger partial charge >= 0.3 is 6.36 Å². The van der Waals surface area contributed by atoms with Crippen LogP contribution in [0.2, 0.25) is 0 Å². The molecule has 0 aliphatic carbocycles. The molecule has 9 heteroatoms. The lowest BCUT2D eigenvalue weighted by molar-refractivity contribution is -0.274. The molecule has 0 bridgehead atoms. The number of rotatable bonds is 6. The molecule has 1 heterocycles. The molecule has 2 rings (SSSR count). The van der Waals surface area contributed by atoms with Gasteiger partial charge in [0.15, 0.2) is 0 Å². The number of halogens is 3. The third-order valence-electron chi connectivity index (χ3n) is 2.98. The van der Waals surface area contributed by atoms with Crippen LogP contribution < -0.4 is 15.8 Å². The molecule has 2 aromatic rings. The van der Waals surface area contributed by atoms with Crippen molar-refractivity contribution in [2.24, 2.45) is 5.73 Å². The van der Waals surface area contributed by atoms with E-state index < -0.39 is 18.2 Å². The molecular formula is C14H14F3N3O3. The van der Waals surface area contributed by atoms with Crippen LogP contribution in [-0.2, 0) is 4.79 Å². The van der Waals surface area contributed by atoms with Gasteiger partial charge in [0.25, 0.3) is 5.91 Å². The largest absolute Gasteiger partial charge is 0.573 e. The van der Waals surface area contributed by atoms with Crippen LogP contribution in [0.3, 0.4) is 0 Å². The van der Waals surface area contributed by atoms with E-state index in [2.05, 4.69) is 15.0 Å². The predicted molar refractivity (Wildman–Crippen MR) is 75.7 cm³/mol. The SMILES string of the molecule is NC(=O)CCCNC(=O)c1cc2c(OC(F)(F)F)cccc2[nH]1. The van der Waals surface area contributed by atoms with Gasteiger partial charge in [-0.3, -0.25) is 9.59 Å². The molecule has 6 nitrogen and oxygen atoms in total. The Morgan fingerprint density at radius 2 is 2.04 bits per heavy atom. The number of nitrogens with two attached hydrogens (primary N) is 1. The number of primary amides is 1. The van der Waals surface area contributed by atoms with Gasteiger partial charge in [0.2, 0.25) is 5.91 Å². The Hall–Kier alpha value is -2.71. The van der Waals surface area contributed by atoms with E-state index in [1.807, 2.05) is 0 Å². The lowest BCUT2D eigenvalue weighted by atomic mass is 10.2. The summed E-state index contributed by atoms with van der Waals surface area (Å²) in [4.78, 5) is 25.2. The van der Waals surface area contributed by atoms with E-state index >= 15 is 0 Å². The number of hydrogen-bond acceptors (Lipinski definition) is 3. The van der Waals surface area contributed by atoms with Gasteiger partial charge in [-0.2, -0.15) is 0 Å². The minimum Gasteiger partial charge on any atom is -0.405 e. The Labute approximate surface area is 128 Å². The molecule has 124 valence electrons. The standard InChI is InChI=1S/C14H14F3N3O3/c15-14(16,17)23-11-4-1-3-9-8(11)7-10(20-9)13(22)19-6-2-5-12(18)21/h1,3-4,7,20H,2,5-6H2,(H2,18,21)(H,19,22). The second kappa shape index (κ2) is 6.59. The molecule has 0 radical (unpaired) electrons. The topological polar surface area (TPSA) is 97.2 Å². The first kappa shape index (κ1) is 16.7. The van der Waals surface area contributed by atoms with E-state index in [4.69, 9.17) is 5.73 Å². The van der Waals surface area contributed by atoms with Crippen molar-refractivity contribution in [3.8, 4) is 5.75 Å². The molecule has 4 N–H and O–H groups in total. The van der Waals surface area contributed by atoms with Crippen molar-refractivity contribution >= 4 is 22.7 Å². The van der Waals surface area contributed by atoms with Gasteiger partial charge in [0.1, 0.15) is 11.4 Å². The summed E-state index contributed by atoms with van der Waals surface area (Å²) in [5, 5.41) is 2.69. The molecule has 0 atom stereocenters. The Bertz CT molecular complexity index is 725. The molecular weight excluding hydrogens is 315 g/mol. The molecule has 1 aromatic carbocycles. The summed E-state index contributed by atoms with van der Waals surface area (Å²) in [5.41, 5.74) is 5.41. The molecule has 0 spiro atoms. The van der Waals surface area contributed by atoms with Crippen LogP contribution in [0.4, 0.5) is 13.2 Å². The first-order valence-electron chi connectivity index (χ1n) is 6.70. The number of H-pyrrole nitrogens is 1. The average molecular weight is 329 g/mol. The van der Waals surface area contributed by atoms with E-state index in [9.17, 15) is 22.8 Å². The van der Waals surface area contributed by atoms with Gasteiger partial charge in [-0.1, -0.05) is 6.07 Å². The quantitative estimate of drug-likeness (QED) is 0.708. The molecule has 0 unspecified atom stereocenters. The molecule has 0 saturated carbocycles. The monoisotopic (exact) mass is 329 g/mol. The van der Waals surface area contributed by atoms with Crippen LogP contribution in [0.1, 0.15) is 23.3 Å². The molecule has 0 aliphatic rings. The molecule has 0 fully saturated rings. The highest BCUT2D eigenvalue weighted by molar-refractivity contribution is 5.99. The fourth-order valence-electron chi connectivity index (χ4n) is 2.02. The van der Waals surface area contributed by atoms with Crippen molar-refractivity contribution < 1.29 is 27.5 Å². The average Bonchev–Trinajstić information content (AvgIpc) is 2.87. The third kappa shape index (κ3) is 4.63.